The van der Waals surface area contributed by atoms with Gasteiger partial charge in [0.25, 0.3) is 5.91 Å². The normalized spacial score (nSPS) is 11.5. The zero-order chi connectivity index (χ0) is 17.1. The van der Waals surface area contributed by atoms with E-state index in [1.54, 1.807) is 49.4 Å². The molecular weight excluding hydrogens is 306 g/mol. The Morgan fingerprint density at radius 2 is 1.83 bits per heavy atom. The van der Waals surface area contributed by atoms with Gasteiger partial charge < -0.3 is 10.2 Å². The van der Waals surface area contributed by atoms with Crippen LogP contribution in [-0.4, -0.2) is 11.6 Å². The lowest BCUT2D eigenvalue weighted by molar-refractivity contribution is 0.0955. The van der Waals surface area contributed by atoms with Crippen LogP contribution in [0.3, 0.4) is 0 Å². The minimum absolute atomic E-state index is 0.298. The zero-order valence-electron chi connectivity index (χ0n) is 12.9. The minimum Gasteiger partial charge on any atom is -0.422 e. The van der Waals surface area contributed by atoms with Crippen molar-refractivity contribution in [3.63, 3.8) is 0 Å². The fourth-order valence-corrected chi connectivity index (χ4v) is 2.21. The Labute approximate surface area is 137 Å². The van der Waals surface area contributed by atoms with Crippen molar-refractivity contribution in [3.05, 3.63) is 76.1 Å². The highest BCUT2D eigenvalue weighted by Crippen LogP contribution is 2.13. The van der Waals surface area contributed by atoms with Crippen LogP contribution in [0.2, 0.25) is 0 Å². The summed E-state index contributed by atoms with van der Waals surface area (Å²) in [6, 6.07) is 15.3. The lowest BCUT2D eigenvalue weighted by atomic mass is 10.1. The third kappa shape index (κ3) is 3.17. The van der Waals surface area contributed by atoms with Crippen LogP contribution in [-0.2, 0) is 0 Å². The summed E-state index contributed by atoms with van der Waals surface area (Å²) < 4.78 is 5.26. The van der Waals surface area contributed by atoms with E-state index in [0.29, 0.717) is 28.1 Å². The SMILES string of the molecule is C/C(=N\NC(=O)c1ccc(N)cc1)c1cc2ccccc2oc1=O. The molecule has 0 bridgehead atoms. The number of benzene rings is 2. The Balaban J connectivity index is 1.85. The van der Waals surface area contributed by atoms with Crippen molar-refractivity contribution in [1.82, 2.24) is 5.43 Å². The van der Waals surface area contributed by atoms with Gasteiger partial charge in [0.2, 0.25) is 0 Å². The van der Waals surface area contributed by atoms with Gasteiger partial charge in [-0.2, -0.15) is 5.10 Å². The molecule has 0 atom stereocenters. The number of hydrogen-bond donors (Lipinski definition) is 2. The summed E-state index contributed by atoms with van der Waals surface area (Å²) in [5.74, 6) is -0.389. The monoisotopic (exact) mass is 321 g/mol. The average molecular weight is 321 g/mol. The maximum absolute atomic E-state index is 12.1. The number of carbonyl (C=O) groups is 1. The molecule has 0 saturated carbocycles. The van der Waals surface area contributed by atoms with Crippen molar-refractivity contribution in [1.29, 1.82) is 0 Å². The molecule has 3 aromatic rings. The first-order valence-electron chi connectivity index (χ1n) is 7.28. The highest BCUT2D eigenvalue weighted by molar-refractivity contribution is 6.02. The maximum atomic E-state index is 12.1. The molecule has 0 unspecified atom stereocenters. The van der Waals surface area contributed by atoms with Crippen LogP contribution < -0.4 is 16.8 Å². The highest BCUT2D eigenvalue weighted by atomic mass is 16.4. The van der Waals surface area contributed by atoms with Gasteiger partial charge in [-0.05, 0) is 43.3 Å². The van der Waals surface area contributed by atoms with Gasteiger partial charge in [0.15, 0.2) is 0 Å². The first-order chi connectivity index (χ1) is 11.5. The number of hydrazone groups is 1. The molecule has 0 saturated heterocycles. The number of hydrogen-bond acceptors (Lipinski definition) is 5. The number of fused-ring (bicyclic) bond motifs is 1. The molecule has 6 nitrogen and oxygen atoms in total. The van der Waals surface area contributed by atoms with Crippen LogP contribution in [0.1, 0.15) is 22.8 Å². The van der Waals surface area contributed by atoms with Crippen molar-refractivity contribution in [2.24, 2.45) is 5.10 Å². The number of nitrogens with zero attached hydrogens (tertiary/aromatic N) is 1. The minimum atomic E-state index is -0.503. The van der Waals surface area contributed by atoms with Gasteiger partial charge in [-0.3, -0.25) is 4.79 Å². The smallest absolute Gasteiger partial charge is 0.345 e. The van der Waals surface area contributed by atoms with Crippen molar-refractivity contribution in [2.45, 2.75) is 6.92 Å². The van der Waals surface area contributed by atoms with Crippen molar-refractivity contribution in [3.8, 4) is 0 Å². The maximum Gasteiger partial charge on any atom is 0.345 e. The second kappa shape index (κ2) is 6.37. The molecule has 0 aliphatic carbocycles. The van der Waals surface area contributed by atoms with E-state index in [9.17, 15) is 9.59 Å². The molecule has 3 N–H and O–H groups in total. The number of rotatable bonds is 3. The van der Waals surface area contributed by atoms with Gasteiger partial charge >= 0.3 is 5.63 Å². The predicted octanol–water partition coefficient (Wildman–Crippen LogP) is 2.53. The third-order valence-corrected chi connectivity index (χ3v) is 3.53. The fraction of sp³-hybridized carbons (Fsp3) is 0.0556. The van der Waals surface area contributed by atoms with E-state index in [4.69, 9.17) is 10.2 Å². The lowest BCUT2D eigenvalue weighted by Crippen LogP contribution is -2.21. The molecule has 0 radical (unpaired) electrons. The van der Waals surface area contributed by atoms with Crippen molar-refractivity contribution in [2.75, 3.05) is 5.73 Å². The van der Waals surface area contributed by atoms with E-state index >= 15 is 0 Å². The molecule has 1 aromatic heterocycles. The van der Waals surface area contributed by atoms with Crippen molar-refractivity contribution < 1.29 is 9.21 Å². The van der Waals surface area contributed by atoms with E-state index in [-0.39, 0.29) is 5.91 Å². The molecule has 120 valence electrons. The summed E-state index contributed by atoms with van der Waals surface area (Å²) in [6.07, 6.45) is 0. The Morgan fingerprint density at radius 3 is 2.58 bits per heavy atom. The molecule has 2 aromatic carbocycles. The van der Waals surface area contributed by atoms with E-state index in [0.717, 1.165) is 5.39 Å². The van der Waals surface area contributed by atoms with Crippen LogP contribution >= 0.6 is 0 Å². The van der Waals surface area contributed by atoms with Crippen LogP contribution in [0.4, 0.5) is 5.69 Å². The molecule has 6 heteroatoms. The molecule has 3 rings (SSSR count). The molecule has 24 heavy (non-hydrogen) atoms. The molecule has 0 aliphatic rings. The van der Waals surface area contributed by atoms with Gasteiger partial charge in [0.1, 0.15) is 5.58 Å². The predicted molar refractivity (Wildman–Crippen MR) is 93.0 cm³/mol. The number of anilines is 1. The van der Waals surface area contributed by atoms with Gasteiger partial charge in [0, 0.05) is 16.6 Å². The van der Waals surface area contributed by atoms with E-state index in [2.05, 4.69) is 10.5 Å². The number of nitrogen functional groups attached to an aromatic ring is 1. The Kier molecular flexibility index (Phi) is 4.11. The first kappa shape index (κ1) is 15.5. The molecule has 1 amide bonds. The van der Waals surface area contributed by atoms with Gasteiger partial charge in [0.05, 0.1) is 11.3 Å². The summed E-state index contributed by atoms with van der Waals surface area (Å²) >= 11 is 0. The van der Waals surface area contributed by atoms with Gasteiger partial charge in [-0.1, -0.05) is 18.2 Å². The quantitative estimate of drug-likeness (QED) is 0.335. The summed E-state index contributed by atoms with van der Waals surface area (Å²) in [7, 11) is 0. The first-order valence-corrected chi connectivity index (χ1v) is 7.28. The van der Waals surface area contributed by atoms with E-state index < -0.39 is 5.63 Å². The molecule has 1 heterocycles. The van der Waals surface area contributed by atoms with Crippen molar-refractivity contribution >= 4 is 28.3 Å². The van der Waals surface area contributed by atoms with Gasteiger partial charge in [-0.15, -0.1) is 0 Å². The largest absolute Gasteiger partial charge is 0.422 e. The number of para-hydroxylation sites is 1. The van der Waals surface area contributed by atoms with E-state index in [1.165, 1.54) is 0 Å². The van der Waals surface area contributed by atoms with Crippen LogP contribution in [0.25, 0.3) is 11.0 Å². The van der Waals surface area contributed by atoms with E-state index in [1.807, 2.05) is 12.1 Å². The zero-order valence-corrected chi connectivity index (χ0v) is 12.9. The standard InChI is InChI=1S/C18H15N3O3/c1-11(20-21-17(22)12-6-8-14(19)9-7-12)15-10-13-4-2-3-5-16(13)24-18(15)23/h2-10H,19H2,1H3,(H,21,22)/b20-11+. The van der Waals surface area contributed by atoms with Gasteiger partial charge in [-0.25, -0.2) is 10.2 Å². The topological polar surface area (TPSA) is 97.7 Å². The number of amides is 1. The number of carbonyl (C=O) groups excluding carboxylic acids is 1. The third-order valence-electron chi connectivity index (χ3n) is 3.53. The highest BCUT2D eigenvalue weighted by Gasteiger charge is 2.09. The summed E-state index contributed by atoms with van der Waals surface area (Å²) in [6.45, 7) is 1.63. The summed E-state index contributed by atoms with van der Waals surface area (Å²) in [4.78, 5) is 24.1. The second-order valence-corrected chi connectivity index (χ2v) is 5.25. The van der Waals surface area contributed by atoms with Crippen LogP contribution in [0.5, 0.6) is 0 Å². The second-order valence-electron chi connectivity index (χ2n) is 5.25. The Bertz CT molecular complexity index is 988. The number of nitrogens with two attached hydrogens (primary N) is 1. The Morgan fingerprint density at radius 1 is 1.12 bits per heavy atom. The molecule has 0 fully saturated rings. The summed E-state index contributed by atoms with van der Waals surface area (Å²) in [5, 5.41) is 4.77. The fourth-order valence-electron chi connectivity index (χ4n) is 2.21. The summed E-state index contributed by atoms with van der Waals surface area (Å²) in [5.41, 5.74) is 9.65. The molecular formula is C18H15N3O3. The average Bonchev–Trinajstić information content (AvgIpc) is 2.59. The molecule has 0 spiro atoms. The van der Waals surface area contributed by atoms with Crippen LogP contribution in [0.15, 0.2) is 68.9 Å². The Hall–Kier alpha value is -3.41. The molecule has 0 aliphatic heterocycles. The number of nitrogens with one attached hydrogen (secondary N) is 1. The lowest BCUT2D eigenvalue weighted by Gasteiger charge is -2.04. The van der Waals surface area contributed by atoms with Crippen LogP contribution in [0, 0.1) is 0 Å².